The van der Waals surface area contributed by atoms with Crippen LogP contribution in [0.4, 0.5) is 0 Å². The molecule has 0 radical (unpaired) electrons. The van der Waals surface area contributed by atoms with E-state index in [1.807, 2.05) is 0 Å². The van der Waals surface area contributed by atoms with Crippen LogP contribution in [0.5, 0.6) is 0 Å². The molecule has 2 rings (SSSR count). The van der Waals surface area contributed by atoms with Crippen LogP contribution in [0.3, 0.4) is 0 Å². The second kappa shape index (κ2) is 14.7. The van der Waals surface area contributed by atoms with Crippen molar-refractivity contribution in [3.63, 3.8) is 0 Å². The molecule has 0 aromatic heterocycles. The number of halogens is 2. The first-order chi connectivity index (χ1) is 9.36. The second-order valence-electron chi connectivity index (χ2n) is 6.84. The van der Waals surface area contributed by atoms with Gasteiger partial charge >= 0.3 is 26.2 Å². The standard InChI is InChI=1S/2C10H15.2ClH.Zr/c2*1-8(2)6-10-5-4-9(3)7-10;;;/h2*4,8H,5-6H2,1-3H3;2*1H;/q2*-1;;;+4/p-2. The fraction of sp³-hybridized carbons (Fsp3) is 0.600. The van der Waals surface area contributed by atoms with Crippen molar-refractivity contribution < 1.29 is 51.0 Å². The van der Waals surface area contributed by atoms with Crippen molar-refractivity contribution in [3.05, 3.63) is 46.6 Å². The normalized spacial score (nSPS) is 15.3. The molecule has 2 aliphatic carbocycles. The van der Waals surface area contributed by atoms with Crippen LogP contribution in [0, 0.1) is 24.0 Å². The summed E-state index contributed by atoms with van der Waals surface area (Å²) in [4.78, 5) is 0. The Hall–Kier alpha value is 0.423. The summed E-state index contributed by atoms with van der Waals surface area (Å²) >= 11 is 0. The van der Waals surface area contributed by atoms with Gasteiger partial charge in [0, 0.05) is 0 Å². The van der Waals surface area contributed by atoms with Crippen molar-refractivity contribution >= 4 is 0 Å². The van der Waals surface area contributed by atoms with E-state index in [4.69, 9.17) is 0 Å². The minimum absolute atomic E-state index is 0. The van der Waals surface area contributed by atoms with Crippen LogP contribution in [0.15, 0.2) is 34.4 Å². The van der Waals surface area contributed by atoms with E-state index in [1.165, 1.54) is 35.1 Å². The van der Waals surface area contributed by atoms with Gasteiger partial charge in [0.15, 0.2) is 0 Å². The monoisotopic (exact) mass is 430 g/mol. The van der Waals surface area contributed by atoms with E-state index >= 15 is 0 Å². The molecule has 23 heavy (non-hydrogen) atoms. The maximum Gasteiger partial charge on any atom is 4.00 e. The Morgan fingerprint density at radius 3 is 1.26 bits per heavy atom. The van der Waals surface area contributed by atoms with Crippen LogP contribution in [0.25, 0.3) is 0 Å². The SMILES string of the molecule is CC1=CCC(CC(C)C)=[C-]1.CC1=CCC(CC(C)C)=[C-]1.[Cl-].[Cl-].[Zr+4]. The fourth-order valence-corrected chi connectivity index (χ4v) is 2.57. The van der Waals surface area contributed by atoms with Gasteiger partial charge in [-0.05, 0) is 24.7 Å². The van der Waals surface area contributed by atoms with Gasteiger partial charge in [-0.25, -0.2) is 35.5 Å². The summed E-state index contributed by atoms with van der Waals surface area (Å²) in [7, 11) is 0. The Kier molecular flexibility index (Phi) is 18.1. The smallest absolute Gasteiger partial charge is 1.00 e. The average molecular weight is 433 g/mol. The third-order valence-corrected chi connectivity index (χ3v) is 3.37. The molecule has 0 amide bonds. The predicted molar refractivity (Wildman–Crippen MR) is 89.2 cm³/mol. The molecule has 0 heterocycles. The summed E-state index contributed by atoms with van der Waals surface area (Å²) in [5, 5.41) is 0. The first-order valence-corrected chi connectivity index (χ1v) is 7.93. The zero-order valence-corrected chi connectivity index (χ0v) is 19.4. The van der Waals surface area contributed by atoms with Crippen LogP contribution in [-0.2, 0) is 26.2 Å². The van der Waals surface area contributed by atoms with Gasteiger partial charge in [-0.15, -0.1) is 0 Å². The Bertz CT molecular complexity index is 399. The van der Waals surface area contributed by atoms with Crippen LogP contribution in [-0.4, -0.2) is 0 Å². The summed E-state index contributed by atoms with van der Waals surface area (Å²) in [6, 6.07) is 0. The van der Waals surface area contributed by atoms with Gasteiger partial charge in [0.25, 0.3) is 0 Å². The molecule has 0 aromatic carbocycles. The fourth-order valence-electron chi connectivity index (χ4n) is 2.57. The van der Waals surface area contributed by atoms with Crippen molar-refractivity contribution in [2.45, 2.75) is 67.2 Å². The Balaban J connectivity index is -0.000000308. The Morgan fingerprint density at radius 2 is 1.09 bits per heavy atom. The molecule has 0 bridgehead atoms. The average Bonchev–Trinajstić information content (AvgIpc) is 2.87. The molecule has 0 spiro atoms. The van der Waals surface area contributed by atoms with E-state index < -0.39 is 0 Å². The molecule has 2 aliphatic rings. The number of hydrogen-bond acceptors (Lipinski definition) is 0. The first-order valence-electron chi connectivity index (χ1n) is 7.93. The van der Waals surface area contributed by atoms with Crippen LogP contribution >= 0.6 is 0 Å². The zero-order valence-electron chi connectivity index (χ0n) is 15.4. The second-order valence-corrected chi connectivity index (χ2v) is 6.84. The molecule has 128 valence electrons. The Morgan fingerprint density at radius 1 is 0.783 bits per heavy atom. The topological polar surface area (TPSA) is 0 Å². The molecule has 0 aliphatic heterocycles. The molecule has 0 N–H and O–H groups in total. The largest absolute Gasteiger partial charge is 4.00 e. The molecule has 0 fully saturated rings. The van der Waals surface area contributed by atoms with E-state index in [0.29, 0.717) is 0 Å². The van der Waals surface area contributed by atoms with Gasteiger partial charge in [-0.1, -0.05) is 54.4 Å². The van der Waals surface area contributed by atoms with E-state index in [-0.39, 0.29) is 51.0 Å². The quantitative estimate of drug-likeness (QED) is 0.558. The third kappa shape index (κ3) is 13.4. The van der Waals surface area contributed by atoms with E-state index in [9.17, 15) is 0 Å². The summed E-state index contributed by atoms with van der Waals surface area (Å²) in [5.74, 6) is 1.56. The summed E-state index contributed by atoms with van der Waals surface area (Å²) in [5.41, 5.74) is 5.59. The van der Waals surface area contributed by atoms with Crippen molar-refractivity contribution in [2.75, 3.05) is 0 Å². The van der Waals surface area contributed by atoms with Gasteiger partial charge < -0.3 is 24.8 Å². The summed E-state index contributed by atoms with van der Waals surface area (Å²) < 4.78 is 0. The summed E-state index contributed by atoms with van der Waals surface area (Å²) in [6.07, 6.45) is 15.9. The van der Waals surface area contributed by atoms with Crippen molar-refractivity contribution in [1.29, 1.82) is 0 Å². The number of rotatable bonds is 4. The molecule has 0 nitrogen and oxygen atoms in total. The summed E-state index contributed by atoms with van der Waals surface area (Å²) in [6.45, 7) is 13.2. The minimum Gasteiger partial charge on any atom is -1.00 e. The van der Waals surface area contributed by atoms with Gasteiger partial charge in [-0.3, -0.25) is 0 Å². The van der Waals surface area contributed by atoms with Gasteiger partial charge in [0.2, 0.25) is 0 Å². The minimum atomic E-state index is 0. The van der Waals surface area contributed by atoms with E-state index in [0.717, 1.165) is 24.7 Å². The van der Waals surface area contributed by atoms with Crippen molar-refractivity contribution in [2.24, 2.45) is 11.8 Å². The van der Waals surface area contributed by atoms with Gasteiger partial charge in [-0.2, -0.15) is 11.1 Å². The molecule has 0 atom stereocenters. The zero-order chi connectivity index (χ0) is 15.1. The Labute approximate surface area is 175 Å². The molecule has 0 aromatic rings. The van der Waals surface area contributed by atoms with Crippen LogP contribution in [0.1, 0.15) is 67.2 Å². The first kappa shape index (κ1) is 28.2. The maximum atomic E-state index is 3.36. The number of allylic oxidation sites excluding steroid dienone is 8. The third-order valence-electron chi connectivity index (χ3n) is 3.37. The van der Waals surface area contributed by atoms with Crippen molar-refractivity contribution in [1.82, 2.24) is 0 Å². The van der Waals surface area contributed by atoms with E-state index in [2.05, 4.69) is 65.8 Å². The van der Waals surface area contributed by atoms with Crippen molar-refractivity contribution in [3.8, 4) is 0 Å². The molecular formula is C20H30Cl2Zr. The molecule has 0 unspecified atom stereocenters. The molecular weight excluding hydrogens is 402 g/mol. The van der Waals surface area contributed by atoms with Gasteiger partial charge in [0.1, 0.15) is 0 Å². The van der Waals surface area contributed by atoms with Gasteiger partial charge in [0.05, 0.1) is 0 Å². The molecule has 0 saturated carbocycles. The van der Waals surface area contributed by atoms with Crippen LogP contribution in [0.2, 0.25) is 0 Å². The number of hydrogen-bond donors (Lipinski definition) is 0. The van der Waals surface area contributed by atoms with Crippen LogP contribution < -0.4 is 24.8 Å². The maximum absolute atomic E-state index is 3.36. The molecule has 3 heteroatoms. The molecule has 0 saturated heterocycles. The predicted octanol–water partition coefficient (Wildman–Crippen LogP) is 0.230. The van der Waals surface area contributed by atoms with E-state index in [1.54, 1.807) is 0 Å².